The minimum absolute atomic E-state index is 0.479. The summed E-state index contributed by atoms with van der Waals surface area (Å²) in [4.78, 5) is 4.43. The van der Waals surface area contributed by atoms with E-state index in [1.54, 1.807) is 0 Å². The largest absolute Gasteiger partial charge is 0.283 e. The van der Waals surface area contributed by atoms with Gasteiger partial charge in [-0.15, -0.1) is 0 Å². The van der Waals surface area contributed by atoms with E-state index in [4.69, 9.17) is 12.2 Å². The topological polar surface area (TPSA) is 33.6 Å². The predicted molar refractivity (Wildman–Crippen MR) is 69.6 cm³/mol. The standard InChI is InChI=1S/C13H15N3S/c1-16-13(17)14-12(15-16)11-7-6-9-4-2-3-5-10(9)8-11/h2-5,11H,6-8H2,1H3,(H,14,15,17). The molecule has 0 fully saturated rings. The van der Waals surface area contributed by atoms with Crippen LogP contribution in [0.2, 0.25) is 0 Å². The highest BCUT2D eigenvalue weighted by Gasteiger charge is 2.22. The second kappa shape index (κ2) is 4.11. The second-order valence-corrected chi connectivity index (χ2v) is 5.02. The van der Waals surface area contributed by atoms with Crippen molar-refractivity contribution in [1.29, 1.82) is 0 Å². The first-order valence-corrected chi connectivity index (χ1v) is 6.34. The summed E-state index contributed by atoms with van der Waals surface area (Å²) in [7, 11) is 1.91. The molecule has 1 atom stereocenters. The highest BCUT2D eigenvalue weighted by atomic mass is 32.1. The van der Waals surface area contributed by atoms with E-state index in [0.717, 1.165) is 25.1 Å². The number of fused-ring (bicyclic) bond motifs is 1. The summed E-state index contributed by atoms with van der Waals surface area (Å²) in [6, 6.07) is 8.68. The molecule has 1 aliphatic rings. The fourth-order valence-corrected chi connectivity index (χ4v) is 2.68. The molecule has 4 heteroatoms. The molecule has 1 unspecified atom stereocenters. The second-order valence-electron chi connectivity index (χ2n) is 4.66. The number of H-pyrrole nitrogens is 1. The third-order valence-electron chi connectivity index (χ3n) is 3.52. The van der Waals surface area contributed by atoms with Crippen molar-refractivity contribution < 1.29 is 0 Å². The van der Waals surface area contributed by atoms with Gasteiger partial charge in [0, 0.05) is 13.0 Å². The highest BCUT2D eigenvalue weighted by Crippen LogP contribution is 2.30. The fraction of sp³-hybridized carbons (Fsp3) is 0.385. The van der Waals surface area contributed by atoms with E-state index in [2.05, 4.69) is 34.3 Å². The van der Waals surface area contributed by atoms with E-state index in [1.165, 1.54) is 11.1 Å². The average Bonchev–Trinajstić information content (AvgIpc) is 2.69. The number of aromatic nitrogens is 3. The van der Waals surface area contributed by atoms with Gasteiger partial charge in [-0.2, -0.15) is 0 Å². The Morgan fingerprint density at radius 2 is 2.12 bits per heavy atom. The number of hydrogen-bond donors (Lipinski definition) is 1. The molecular weight excluding hydrogens is 230 g/mol. The van der Waals surface area contributed by atoms with Crippen LogP contribution < -0.4 is 0 Å². The lowest BCUT2D eigenvalue weighted by Crippen LogP contribution is -2.14. The van der Waals surface area contributed by atoms with Gasteiger partial charge in [0.15, 0.2) is 0 Å². The Bertz CT molecular complexity index is 597. The molecule has 0 saturated heterocycles. The van der Waals surface area contributed by atoms with Gasteiger partial charge in [0.05, 0.1) is 0 Å². The number of benzene rings is 1. The third-order valence-corrected chi connectivity index (χ3v) is 3.88. The molecule has 0 radical (unpaired) electrons. The van der Waals surface area contributed by atoms with Crippen molar-refractivity contribution in [2.45, 2.75) is 25.2 Å². The molecule has 0 saturated carbocycles. The normalized spacial score (nSPS) is 19.0. The van der Waals surface area contributed by atoms with Crippen molar-refractivity contribution in [3.63, 3.8) is 0 Å². The Morgan fingerprint density at radius 1 is 1.35 bits per heavy atom. The first-order valence-electron chi connectivity index (χ1n) is 5.94. The lowest BCUT2D eigenvalue weighted by molar-refractivity contribution is 0.550. The van der Waals surface area contributed by atoms with E-state index in [9.17, 15) is 0 Å². The molecule has 1 aliphatic carbocycles. The molecule has 1 N–H and O–H groups in total. The number of hydrogen-bond acceptors (Lipinski definition) is 2. The van der Waals surface area contributed by atoms with Crippen molar-refractivity contribution in [3.8, 4) is 0 Å². The van der Waals surface area contributed by atoms with Gasteiger partial charge in [-0.1, -0.05) is 24.3 Å². The van der Waals surface area contributed by atoms with Gasteiger partial charge in [0.2, 0.25) is 4.77 Å². The fourth-order valence-electron chi connectivity index (χ4n) is 2.54. The zero-order valence-electron chi connectivity index (χ0n) is 9.81. The number of rotatable bonds is 1. The quantitative estimate of drug-likeness (QED) is 0.784. The predicted octanol–water partition coefficient (Wildman–Crippen LogP) is 2.75. The van der Waals surface area contributed by atoms with Crippen LogP contribution in [0.1, 0.15) is 29.3 Å². The maximum absolute atomic E-state index is 5.14. The van der Waals surface area contributed by atoms with Gasteiger partial charge >= 0.3 is 0 Å². The van der Waals surface area contributed by atoms with Crippen LogP contribution in [0, 0.1) is 4.77 Å². The van der Waals surface area contributed by atoms with Crippen molar-refractivity contribution in [2.24, 2.45) is 7.05 Å². The Morgan fingerprint density at radius 3 is 2.82 bits per heavy atom. The highest BCUT2D eigenvalue weighted by molar-refractivity contribution is 7.71. The zero-order chi connectivity index (χ0) is 11.8. The number of aromatic amines is 1. The minimum atomic E-state index is 0.479. The smallest absolute Gasteiger partial charge is 0.215 e. The van der Waals surface area contributed by atoms with Gasteiger partial charge in [0.1, 0.15) is 5.82 Å². The molecular formula is C13H15N3S. The summed E-state index contributed by atoms with van der Waals surface area (Å²) in [5.74, 6) is 1.51. The van der Waals surface area contributed by atoms with E-state index >= 15 is 0 Å². The van der Waals surface area contributed by atoms with Crippen LogP contribution in [-0.2, 0) is 19.9 Å². The first-order chi connectivity index (χ1) is 8.24. The SMILES string of the molecule is Cn1[nH]c(C2CCc3ccccc3C2)nc1=S. The Balaban J connectivity index is 1.91. The molecule has 3 nitrogen and oxygen atoms in total. The summed E-state index contributed by atoms with van der Waals surface area (Å²) in [6.07, 6.45) is 3.36. The lowest BCUT2D eigenvalue weighted by atomic mass is 9.83. The van der Waals surface area contributed by atoms with Crippen molar-refractivity contribution in [3.05, 3.63) is 46.0 Å². The van der Waals surface area contributed by atoms with E-state index in [1.807, 2.05) is 11.7 Å². The monoisotopic (exact) mass is 245 g/mol. The number of nitrogens with one attached hydrogen (secondary N) is 1. The van der Waals surface area contributed by atoms with E-state index in [0.29, 0.717) is 10.7 Å². The molecule has 1 heterocycles. The number of nitrogens with zero attached hydrogens (tertiary/aromatic N) is 2. The summed E-state index contributed by atoms with van der Waals surface area (Å²) in [5.41, 5.74) is 2.94. The molecule has 2 aromatic rings. The van der Waals surface area contributed by atoms with E-state index < -0.39 is 0 Å². The van der Waals surface area contributed by atoms with Crippen LogP contribution in [0.4, 0.5) is 0 Å². The Hall–Kier alpha value is -1.42. The summed E-state index contributed by atoms with van der Waals surface area (Å²) < 4.78 is 2.45. The lowest BCUT2D eigenvalue weighted by Gasteiger charge is -2.22. The molecule has 17 heavy (non-hydrogen) atoms. The molecule has 0 amide bonds. The molecule has 0 bridgehead atoms. The van der Waals surface area contributed by atoms with Crippen LogP contribution in [-0.4, -0.2) is 14.8 Å². The van der Waals surface area contributed by atoms with Gasteiger partial charge in [-0.25, -0.2) is 4.98 Å². The van der Waals surface area contributed by atoms with Crippen molar-refractivity contribution in [2.75, 3.05) is 0 Å². The van der Waals surface area contributed by atoms with Gasteiger partial charge in [-0.05, 0) is 42.6 Å². The van der Waals surface area contributed by atoms with Crippen LogP contribution in [0.3, 0.4) is 0 Å². The maximum atomic E-state index is 5.14. The number of aryl methyl sites for hydroxylation is 2. The molecule has 0 aliphatic heterocycles. The molecule has 0 spiro atoms. The summed E-state index contributed by atoms with van der Waals surface area (Å²) in [5, 5.41) is 3.25. The molecule has 3 rings (SSSR count). The molecule has 1 aromatic carbocycles. The Kier molecular flexibility index (Phi) is 2.59. The molecule has 88 valence electrons. The Labute approximate surface area is 105 Å². The average molecular weight is 245 g/mol. The van der Waals surface area contributed by atoms with E-state index in [-0.39, 0.29) is 0 Å². The van der Waals surface area contributed by atoms with Crippen LogP contribution in [0.25, 0.3) is 0 Å². The minimum Gasteiger partial charge on any atom is -0.283 e. The van der Waals surface area contributed by atoms with Gasteiger partial charge in [0.25, 0.3) is 0 Å². The van der Waals surface area contributed by atoms with Gasteiger partial charge < -0.3 is 0 Å². The summed E-state index contributed by atoms with van der Waals surface area (Å²) >= 11 is 5.14. The van der Waals surface area contributed by atoms with Crippen molar-refractivity contribution >= 4 is 12.2 Å². The van der Waals surface area contributed by atoms with Gasteiger partial charge in [-0.3, -0.25) is 9.78 Å². The van der Waals surface area contributed by atoms with Crippen LogP contribution in [0.5, 0.6) is 0 Å². The molecule has 1 aromatic heterocycles. The van der Waals surface area contributed by atoms with Crippen LogP contribution >= 0.6 is 12.2 Å². The maximum Gasteiger partial charge on any atom is 0.215 e. The zero-order valence-corrected chi connectivity index (χ0v) is 10.6. The first kappa shape index (κ1) is 10.7. The summed E-state index contributed by atoms with van der Waals surface area (Å²) in [6.45, 7) is 0. The van der Waals surface area contributed by atoms with Crippen LogP contribution in [0.15, 0.2) is 24.3 Å². The van der Waals surface area contributed by atoms with Crippen molar-refractivity contribution in [1.82, 2.24) is 14.8 Å². The third kappa shape index (κ3) is 1.93.